The van der Waals surface area contributed by atoms with Gasteiger partial charge in [-0.3, -0.25) is 4.40 Å². The van der Waals surface area contributed by atoms with E-state index in [9.17, 15) is 4.79 Å². The van der Waals surface area contributed by atoms with Crippen LogP contribution in [0.3, 0.4) is 0 Å². The number of rotatable bonds is 7. The van der Waals surface area contributed by atoms with Gasteiger partial charge in [-0.25, -0.2) is 29.7 Å². The highest BCUT2D eigenvalue weighted by molar-refractivity contribution is 5.75. The molecule has 6 rings (SSSR count). The molecule has 11 nitrogen and oxygen atoms in total. The normalized spacial score (nSPS) is 19.4. The highest BCUT2D eigenvalue weighted by Gasteiger charge is 2.27. The van der Waals surface area contributed by atoms with Gasteiger partial charge in [0.1, 0.15) is 12.0 Å². The number of carbonyl (C=O) groups excluding carboxylic acids is 1. The van der Waals surface area contributed by atoms with Crippen LogP contribution in [0.25, 0.3) is 17.0 Å². The first-order valence-electron chi connectivity index (χ1n) is 12.8. The quantitative estimate of drug-likeness (QED) is 0.302. The Morgan fingerprint density at radius 2 is 1.57 bits per heavy atom. The molecule has 4 aromatic rings. The lowest BCUT2D eigenvalue weighted by atomic mass is 9.91. The molecule has 190 valence electrons. The molecule has 0 aliphatic heterocycles. The first-order chi connectivity index (χ1) is 18.1. The lowest BCUT2D eigenvalue weighted by Crippen LogP contribution is -2.45. The summed E-state index contributed by atoms with van der Waals surface area (Å²) in [5, 5.41) is 13.0. The molecule has 0 unspecified atom stereocenters. The smallest absolute Gasteiger partial charge is 0.315 e. The summed E-state index contributed by atoms with van der Waals surface area (Å²) in [7, 11) is 0. The zero-order valence-corrected chi connectivity index (χ0v) is 20.7. The average molecular weight is 499 g/mol. The van der Waals surface area contributed by atoms with Crippen LogP contribution in [0.5, 0.6) is 0 Å². The van der Waals surface area contributed by atoms with Crippen LogP contribution < -0.4 is 21.3 Å². The zero-order valence-electron chi connectivity index (χ0n) is 20.7. The molecule has 4 aromatic heterocycles. The molecule has 0 saturated heterocycles. The predicted molar refractivity (Wildman–Crippen MR) is 141 cm³/mol. The number of fused-ring (bicyclic) bond motifs is 1. The van der Waals surface area contributed by atoms with E-state index in [4.69, 9.17) is 4.98 Å². The van der Waals surface area contributed by atoms with E-state index in [0.29, 0.717) is 12.0 Å². The molecule has 37 heavy (non-hydrogen) atoms. The fourth-order valence-electron chi connectivity index (χ4n) is 4.74. The van der Waals surface area contributed by atoms with E-state index in [-0.39, 0.29) is 18.1 Å². The second kappa shape index (κ2) is 10.00. The fourth-order valence-corrected chi connectivity index (χ4v) is 4.74. The third-order valence-electron chi connectivity index (χ3n) is 6.88. The number of imidazole rings is 1. The maximum absolute atomic E-state index is 12.0. The zero-order chi connectivity index (χ0) is 25.2. The SMILES string of the molecule is Cc1cnc(NC2CCC(NC(=O)NC3CC3)CC2)nc1-c1cnc2ccc(Nc3cncnc3)cn12. The van der Waals surface area contributed by atoms with Gasteiger partial charge in [0.2, 0.25) is 5.95 Å². The van der Waals surface area contributed by atoms with E-state index < -0.39 is 0 Å². The van der Waals surface area contributed by atoms with Crippen molar-refractivity contribution < 1.29 is 4.79 Å². The predicted octanol–water partition coefficient (Wildman–Crippen LogP) is 3.82. The number of anilines is 3. The molecule has 2 fully saturated rings. The van der Waals surface area contributed by atoms with Crippen molar-refractivity contribution in [3.63, 3.8) is 0 Å². The fraction of sp³-hybridized carbons (Fsp3) is 0.385. The minimum atomic E-state index is -0.0334. The monoisotopic (exact) mass is 498 g/mol. The number of aromatic nitrogens is 6. The standard InChI is InChI=1S/C26H30N10O/c1-16-10-30-25(32-17-2-4-18(5-3-17)33-26(37)34-19-6-7-19)35-24(16)22-13-29-23-9-8-20(14-36(22)23)31-21-11-27-15-28-12-21/h8-15,17-19,31H,2-7H2,1H3,(H,30,32,35)(H2,33,34,37). The van der Waals surface area contributed by atoms with Crippen molar-refractivity contribution in [2.45, 2.75) is 63.6 Å². The molecular weight excluding hydrogens is 468 g/mol. The number of urea groups is 1. The minimum absolute atomic E-state index is 0.0334. The van der Waals surface area contributed by atoms with Gasteiger partial charge in [0.25, 0.3) is 0 Å². The van der Waals surface area contributed by atoms with Gasteiger partial charge < -0.3 is 21.3 Å². The Hall–Kier alpha value is -4.28. The molecule has 0 spiro atoms. The molecule has 11 heteroatoms. The molecule has 0 bridgehead atoms. The van der Waals surface area contributed by atoms with Crippen molar-refractivity contribution in [3.8, 4) is 11.4 Å². The Morgan fingerprint density at radius 1 is 0.865 bits per heavy atom. The van der Waals surface area contributed by atoms with E-state index in [0.717, 1.165) is 72.5 Å². The topological polar surface area (TPSA) is 134 Å². The molecule has 2 aliphatic rings. The Kier molecular flexibility index (Phi) is 6.25. The summed E-state index contributed by atoms with van der Waals surface area (Å²) in [6.07, 6.45) is 16.6. The van der Waals surface area contributed by atoms with Crippen LogP contribution in [0.4, 0.5) is 22.1 Å². The summed E-state index contributed by atoms with van der Waals surface area (Å²) < 4.78 is 2.02. The molecule has 0 aromatic carbocycles. The van der Waals surface area contributed by atoms with Crippen molar-refractivity contribution in [2.24, 2.45) is 0 Å². The summed E-state index contributed by atoms with van der Waals surface area (Å²) in [6, 6.07) is 4.76. The van der Waals surface area contributed by atoms with Gasteiger partial charge in [-0.05, 0) is 63.1 Å². The summed E-state index contributed by atoms with van der Waals surface area (Å²) in [6.45, 7) is 2.01. The van der Waals surface area contributed by atoms with Crippen molar-refractivity contribution >= 4 is 29.0 Å². The second-order valence-electron chi connectivity index (χ2n) is 9.85. The van der Waals surface area contributed by atoms with E-state index in [2.05, 4.69) is 41.2 Å². The van der Waals surface area contributed by atoms with Crippen LogP contribution in [-0.4, -0.2) is 53.5 Å². The lowest BCUT2D eigenvalue weighted by molar-refractivity contribution is 0.231. The van der Waals surface area contributed by atoms with Crippen LogP contribution in [-0.2, 0) is 0 Å². The number of amides is 2. The van der Waals surface area contributed by atoms with E-state index in [1.165, 1.54) is 6.33 Å². The largest absolute Gasteiger partial charge is 0.352 e. The van der Waals surface area contributed by atoms with E-state index in [1.807, 2.05) is 42.0 Å². The summed E-state index contributed by atoms with van der Waals surface area (Å²) in [4.78, 5) is 34.2. The van der Waals surface area contributed by atoms with E-state index in [1.54, 1.807) is 12.4 Å². The molecule has 0 radical (unpaired) electrons. The van der Waals surface area contributed by atoms with Gasteiger partial charge >= 0.3 is 6.03 Å². The number of hydrogen-bond acceptors (Lipinski definition) is 8. The Labute approximate surface area is 214 Å². The molecular formula is C26H30N10O. The van der Waals surface area contributed by atoms with Gasteiger partial charge in [0.15, 0.2) is 0 Å². The van der Waals surface area contributed by atoms with E-state index >= 15 is 0 Å². The number of nitrogens with one attached hydrogen (secondary N) is 4. The van der Waals surface area contributed by atoms with Gasteiger partial charge in [-0.1, -0.05) is 0 Å². The van der Waals surface area contributed by atoms with Crippen LogP contribution in [0.2, 0.25) is 0 Å². The molecule has 2 amide bonds. The van der Waals surface area contributed by atoms with Crippen molar-refractivity contribution in [1.29, 1.82) is 0 Å². The lowest BCUT2D eigenvalue weighted by Gasteiger charge is -2.29. The highest BCUT2D eigenvalue weighted by Crippen LogP contribution is 2.27. The van der Waals surface area contributed by atoms with Crippen LogP contribution in [0.15, 0.2) is 49.4 Å². The van der Waals surface area contributed by atoms with Crippen LogP contribution in [0, 0.1) is 6.92 Å². The highest BCUT2D eigenvalue weighted by atomic mass is 16.2. The number of pyridine rings is 1. The molecule has 0 atom stereocenters. The third-order valence-corrected chi connectivity index (χ3v) is 6.88. The average Bonchev–Trinajstić information content (AvgIpc) is 3.62. The van der Waals surface area contributed by atoms with Gasteiger partial charge in [-0.15, -0.1) is 0 Å². The van der Waals surface area contributed by atoms with Crippen molar-refractivity contribution in [3.05, 3.63) is 55.0 Å². The molecule has 4 heterocycles. The van der Waals surface area contributed by atoms with Gasteiger partial charge in [0, 0.05) is 30.5 Å². The Morgan fingerprint density at radius 3 is 2.30 bits per heavy atom. The molecule has 2 aliphatic carbocycles. The van der Waals surface area contributed by atoms with Crippen molar-refractivity contribution in [2.75, 3.05) is 10.6 Å². The Balaban J connectivity index is 1.14. The maximum Gasteiger partial charge on any atom is 0.315 e. The van der Waals surface area contributed by atoms with Crippen LogP contribution >= 0.6 is 0 Å². The van der Waals surface area contributed by atoms with Gasteiger partial charge in [-0.2, -0.15) is 0 Å². The number of aryl methyl sites for hydroxylation is 1. The first-order valence-corrected chi connectivity index (χ1v) is 12.8. The number of nitrogens with zero attached hydrogens (tertiary/aromatic N) is 6. The Bertz CT molecular complexity index is 1390. The summed E-state index contributed by atoms with van der Waals surface area (Å²) >= 11 is 0. The van der Waals surface area contributed by atoms with Crippen molar-refractivity contribution in [1.82, 2.24) is 40.0 Å². The molecule has 4 N–H and O–H groups in total. The second-order valence-corrected chi connectivity index (χ2v) is 9.85. The summed E-state index contributed by atoms with van der Waals surface area (Å²) in [5.74, 6) is 0.606. The van der Waals surface area contributed by atoms with Gasteiger partial charge in [0.05, 0.1) is 41.4 Å². The van der Waals surface area contributed by atoms with Crippen LogP contribution in [0.1, 0.15) is 44.1 Å². The first kappa shape index (κ1) is 23.1. The maximum atomic E-state index is 12.0. The number of hydrogen-bond donors (Lipinski definition) is 4. The third kappa shape index (κ3) is 5.45. The minimum Gasteiger partial charge on any atom is -0.352 e. The molecule has 2 saturated carbocycles. The number of carbonyl (C=O) groups is 1. The summed E-state index contributed by atoms with van der Waals surface area (Å²) in [5.41, 5.74) is 5.22.